The third-order valence-electron chi connectivity index (χ3n) is 2.48. The molecule has 0 saturated carbocycles. The van der Waals surface area contributed by atoms with Gasteiger partial charge >= 0.3 is 0 Å². The number of carbonyl (C=O) groups excluding carboxylic acids is 1. The van der Waals surface area contributed by atoms with E-state index in [1.807, 2.05) is 24.3 Å². The van der Waals surface area contributed by atoms with E-state index in [1.54, 1.807) is 14.1 Å². The van der Waals surface area contributed by atoms with Gasteiger partial charge in [0.2, 0.25) is 11.2 Å². The molecule has 18 heavy (non-hydrogen) atoms. The zero-order chi connectivity index (χ0) is 13.1. The van der Waals surface area contributed by atoms with Crippen LogP contribution in [0.5, 0.6) is 0 Å². The molecule has 1 aromatic carbocycles. The van der Waals surface area contributed by atoms with Crippen LogP contribution in [0.1, 0.15) is 0 Å². The van der Waals surface area contributed by atoms with Crippen LogP contribution in [0.2, 0.25) is 5.28 Å². The molecule has 0 saturated heterocycles. The lowest BCUT2D eigenvalue weighted by molar-refractivity contribution is -0.126. The Morgan fingerprint density at radius 1 is 1.33 bits per heavy atom. The van der Waals surface area contributed by atoms with Crippen LogP contribution in [0.15, 0.2) is 24.3 Å². The molecule has 0 radical (unpaired) electrons. The van der Waals surface area contributed by atoms with Crippen LogP contribution in [0, 0.1) is 0 Å². The summed E-state index contributed by atoms with van der Waals surface area (Å²) in [6.07, 6.45) is 0. The van der Waals surface area contributed by atoms with E-state index < -0.39 is 0 Å². The molecule has 2 rings (SSSR count). The summed E-state index contributed by atoms with van der Waals surface area (Å²) in [7, 11) is 3.41. The maximum absolute atomic E-state index is 11.5. The van der Waals surface area contributed by atoms with Crippen molar-refractivity contribution in [2.24, 2.45) is 0 Å². The Kier molecular flexibility index (Phi) is 3.62. The number of amides is 1. The number of nitrogens with one attached hydrogen (secondary N) is 1. The molecule has 0 aliphatic rings. The number of hydrogen-bond donors (Lipinski definition) is 1. The van der Waals surface area contributed by atoms with Gasteiger partial charge in [-0.2, -0.15) is 0 Å². The monoisotopic (exact) mass is 264 g/mol. The molecule has 6 heteroatoms. The minimum absolute atomic E-state index is 0.0335. The number of fused-ring (bicyclic) bond motifs is 1. The first-order valence-electron chi connectivity index (χ1n) is 5.44. The molecule has 0 fully saturated rings. The van der Waals surface area contributed by atoms with Crippen LogP contribution >= 0.6 is 11.6 Å². The number of para-hydroxylation sites is 1. The molecule has 0 unspecified atom stereocenters. The van der Waals surface area contributed by atoms with Gasteiger partial charge in [-0.05, 0) is 23.7 Å². The summed E-state index contributed by atoms with van der Waals surface area (Å²) in [5.41, 5.74) is 0.748. The van der Waals surface area contributed by atoms with E-state index in [2.05, 4.69) is 15.3 Å². The molecule has 1 aromatic heterocycles. The van der Waals surface area contributed by atoms with Gasteiger partial charge in [0.1, 0.15) is 5.82 Å². The number of benzene rings is 1. The number of rotatable bonds is 3. The predicted octanol–water partition coefficient (Wildman–Crippen LogP) is 1.78. The molecule has 0 aliphatic heterocycles. The fourth-order valence-electron chi connectivity index (χ4n) is 1.50. The van der Waals surface area contributed by atoms with Gasteiger partial charge in [0.15, 0.2) is 0 Å². The Morgan fingerprint density at radius 3 is 2.78 bits per heavy atom. The number of hydrogen-bond acceptors (Lipinski definition) is 4. The minimum Gasteiger partial charge on any atom is -0.360 e. The summed E-state index contributed by atoms with van der Waals surface area (Å²) >= 11 is 5.84. The average molecular weight is 265 g/mol. The van der Waals surface area contributed by atoms with Gasteiger partial charge < -0.3 is 10.2 Å². The molecular formula is C12H13ClN4O. The van der Waals surface area contributed by atoms with Crippen molar-refractivity contribution in [3.8, 4) is 0 Å². The third-order valence-corrected chi connectivity index (χ3v) is 2.65. The van der Waals surface area contributed by atoms with Gasteiger partial charge in [-0.3, -0.25) is 4.79 Å². The van der Waals surface area contributed by atoms with Crippen LogP contribution in [-0.4, -0.2) is 41.4 Å². The van der Waals surface area contributed by atoms with Crippen LogP contribution < -0.4 is 5.32 Å². The van der Waals surface area contributed by atoms with Gasteiger partial charge in [-0.25, -0.2) is 9.97 Å². The zero-order valence-corrected chi connectivity index (χ0v) is 10.9. The second-order valence-corrected chi connectivity index (χ2v) is 4.34. The molecule has 1 heterocycles. The van der Waals surface area contributed by atoms with E-state index in [4.69, 9.17) is 11.6 Å². The van der Waals surface area contributed by atoms with Gasteiger partial charge in [-0.1, -0.05) is 12.1 Å². The van der Waals surface area contributed by atoms with Crippen molar-refractivity contribution in [1.82, 2.24) is 14.9 Å². The second-order valence-electron chi connectivity index (χ2n) is 4.00. The molecule has 1 amide bonds. The Balaban J connectivity index is 2.30. The van der Waals surface area contributed by atoms with Crippen molar-refractivity contribution in [1.29, 1.82) is 0 Å². The summed E-state index contributed by atoms with van der Waals surface area (Å²) in [4.78, 5) is 21.3. The Hall–Kier alpha value is -1.88. The highest BCUT2D eigenvalue weighted by Gasteiger charge is 2.08. The van der Waals surface area contributed by atoms with Crippen LogP contribution in [-0.2, 0) is 4.79 Å². The lowest BCUT2D eigenvalue weighted by atomic mass is 10.2. The normalized spacial score (nSPS) is 10.4. The van der Waals surface area contributed by atoms with E-state index in [9.17, 15) is 4.79 Å². The molecule has 0 bridgehead atoms. The summed E-state index contributed by atoms with van der Waals surface area (Å²) in [6, 6.07) is 7.49. The molecule has 0 atom stereocenters. The van der Waals surface area contributed by atoms with E-state index in [-0.39, 0.29) is 17.7 Å². The molecule has 5 nitrogen and oxygen atoms in total. The molecule has 94 valence electrons. The first-order chi connectivity index (χ1) is 8.58. The Morgan fingerprint density at radius 2 is 2.06 bits per heavy atom. The summed E-state index contributed by atoms with van der Waals surface area (Å²) in [6.45, 7) is 0.171. The van der Waals surface area contributed by atoms with Crippen molar-refractivity contribution in [2.75, 3.05) is 26.0 Å². The molecule has 2 aromatic rings. The highest BCUT2D eigenvalue weighted by Crippen LogP contribution is 2.21. The smallest absolute Gasteiger partial charge is 0.241 e. The van der Waals surface area contributed by atoms with Crippen molar-refractivity contribution in [3.05, 3.63) is 29.5 Å². The number of anilines is 1. The molecular weight excluding hydrogens is 252 g/mol. The van der Waals surface area contributed by atoms with E-state index in [0.29, 0.717) is 5.82 Å². The van der Waals surface area contributed by atoms with Crippen molar-refractivity contribution >= 4 is 34.2 Å². The predicted molar refractivity (Wildman–Crippen MR) is 71.7 cm³/mol. The molecule has 1 N–H and O–H groups in total. The number of likely N-dealkylation sites (N-methyl/N-ethyl adjacent to an activating group) is 1. The molecule has 0 spiro atoms. The van der Waals surface area contributed by atoms with Crippen LogP contribution in [0.3, 0.4) is 0 Å². The topological polar surface area (TPSA) is 58.1 Å². The maximum atomic E-state index is 11.5. The highest BCUT2D eigenvalue weighted by atomic mass is 35.5. The van der Waals surface area contributed by atoms with Gasteiger partial charge in [0.25, 0.3) is 0 Å². The van der Waals surface area contributed by atoms with Gasteiger partial charge in [0, 0.05) is 19.5 Å². The van der Waals surface area contributed by atoms with Gasteiger partial charge in [-0.15, -0.1) is 0 Å². The molecule has 0 aliphatic carbocycles. The van der Waals surface area contributed by atoms with Crippen molar-refractivity contribution in [2.45, 2.75) is 0 Å². The lowest BCUT2D eigenvalue weighted by Gasteiger charge is -2.12. The van der Waals surface area contributed by atoms with E-state index in [1.165, 1.54) is 4.90 Å². The summed E-state index contributed by atoms with van der Waals surface area (Å²) in [5, 5.41) is 3.98. The summed E-state index contributed by atoms with van der Waals surface area (Å²) in [5.74, 6) is 0.537. The van der Waals surface area contributed by atoms with E-state index in [0.717, 1.165) is 10.9 Å². The number of carbonyl (C=O) groups is 1. The largest absolute Gasteiger partial charge is 0.360 e. The fraction of sp³-hybridized carbons (Fsp3) is 0.250. The third kappa shape index (κ3) is 2.68. The minimum atomic E-state index is -0.0335. The Bertz CT molecular complexity index is 585. The highest BCUT2D eigenvalue weighted by molar-refractivity contribution is 6.28. The Labute approximate surface area is 110 Å². The van der Waals surface area contributed by atoms with Crippen molar-refractivity contribution in [3.63, 3.8) is 0 Å². The van der Waals surface area contributed by atoms with Crippen LogP contribution in [0.4, 0.5) is 5.82 Å². The standard InChI is InChI=1S/C12H13ClN4O/c1-17(2)10(18)7-14-11-8-5-3-4-6-9(8)15-12(13)16-11/h3-6H,7H2,1-2H3,(H,14,15,16). The lowest BCUT2D eigenvalue weighted by Crippen LogP contribution is -2.28. The number of nitrogens with zero attached hydrogens (tertiary/aromatic N) is 3. The van der Waals surface area contributed by atoms with Crippen LogP contribution in [0.25, 0.3) is 10.9 Å². The van der Waals surface area contributed by atoms with Crippen molar-refractivity contribution < 1.29 is 4.79 Å². The SMILES string of the molecule is CN(C)C(=O)CNc1nc(Cl)nc2ccccc12. The first kappa shape index (κ1) is 12.6. The quantitative estimate of drug-likeness (QED) is 0.859. The maximum Gasteiger partial charge on any atom is 0.241 e. The van der Waals surface area contributed by atoms with E-state index >= 15 is 0 Å². The van der Waals surface area contributed by atoms with Gasteiger partial charge in [0.05, 0.1) is 12.1 Å². The second kappa shape index (κ2) is 5.18. The fourth-order valence-corrected chi connectivity index (χ4v) is 1.68. The zero-order valence-electron chi connectivity index (χ0n) is 10.1. The average Bonchev–Trinajstić information content (AvgIpc) is 2.35. The number of halogens is 1. The summed E-state index contributed by atoms with van der Waals surface area (Å²) < 4.78 is 0. The first-order valence-corrected chi connectivity index (χ1v) is 5.82. The number of aromatic nitrogens is 2.